The van der Waals surface area contributed by atoms with Crippen molar-refractivity contribution in [2.24, 2.45) is 5.92 Å². The summed E-state index contributed by atoms with van der Waals surface area (Å²) in [5.41, 5.74) is 5.40. The van der Waals surface area contributed by atoms with E-state index in [0.717, 1.165) is 62.5 Å². The minimum atomic E-state index is -1.99. The Kier molecular flexibility index (Phi) is 13.2. The van der Waals surface area contributed by atoms with Gasteiger partial charge in [-0.2, -0.15) is 0 Å². The summed E-state index contributed by atoms with van der Waals surface area (Å²) in [5.74, 6) is -0.856. The molecule has 0 aromatic heterocycles. The third kappa shape index (κ3) is 11.0. The van der Waals surface area contributed by atoms with Crippen LogP contribution in [0.5, 0.6) is 0 Å². The number of unbranched alkanes of at least 4 members (excludes halogenated alkanes) is 3. The summed E-state index contributed by atoms with van der Waals surface area (Å²) >= 11 is 0. The lowest BCUT2D eigenvalue weighted by atomic mass is 9.89. The second-order valence-electron chi connectivity index (χ2n) is 14.6. The number of benzene rings is 3. The van der Waals surface area contributed by atoms with Crippen molar-refractivity contribution in [3.63, 3.8) is 0 Å². The molecule has 0 fully saturated rings. The summed E-state index contributed by atoms with van der Waals surface area (Å²) in [7, 11) is -1.99. The van der Waals surface area contributed by atoms with E-state index in [1.807, 2.05) is 42.5 Å². The van der Waals surface area contributed by atoms with Crippen molar-refractivity contribution >= 4 is 20.3 Å². The summed E-state index contributed by atoms with van der Waals surface area (Å²) in [4.78, 5) is 24.3. The van der Waals surface area contributed by atoms with Gasteiger partial charge in [-0.05, 0) is 79.1 Å². The molecule has 3 atom stereocenters. The van der Waals surface area contributed by atoms with Gasteiger partial charge in [0.05, 0.1) is 5.56 Å². The van der Waals surface area contributed by atoms with Crippen LogP contribution in [-0.2, 0) is 20.4 Å². The zero-order valence-corrected chi connectivity index (χ0v) is 30.0. The molecule has 0 aliphatic heterocycles. The maximum atomic E-state index is 13.4. The van der Waals surface area contributed by atoms with Gasteiger partial charge in [-0.1, -0.05) is 124 Å². The molecule has 0 heterocycles. The molecule has 3 aromatic carbocycles. The van der Waals surface area contributed by atoms with Gasteiger partial charge in [-0.3, -0.25) is 4.79 Å². The standard InChI is InChI=1S/C41H54O5Si/c1-41(2,3)47(4,5)46-36(30-31-16-10-8-11-17-31)28-26-34-27-29-38(37(34)20-14-6-7-15-21-39(42)43)45-40(44)35-24-22-33(23-25-35)32-18-12-9-13-19-32/h8-13,16-19,22-25,27,36-38H,6-7,14-15,20-21,26,28-30H2,1-5H3,(H,42,43)/t36-,37+,38-/m0/s1. The highest BCUT2D eigenvalue weighted by molar-refractivity contribution is 6.74. The molecule has 0 radical (unpaired) electrons. The van der Waals surface area contributed by atoms with Crippen LogP contribution in [0.15, 0.2) is 96.6 Å². The van der Waals surface area contributed by atoms with E-state index in [4.69, 9.17) is 14.3 Å². The molecule has 4 rings (SSSR count). The van der Waals surface area contributed by atoms with E-state index in [2.05, 4.69) is 82.4 Å². The van der Waals surface area contributed by atoms with E-state index in [-0.39, 0.29) is 35.6 Å². The van der Waals surface area contributed by atoms with E-state index in [1.54, 1.807) is 0 Å². The number of carboxylic acid groups (broad SMARTS) is 1. The highest BCUT2D eigenvalue weighted by atomic mass is 28.4. The van der Waals surface area contributed by atoms with Crippen molar-refractivity contribution < 1.29 is 23.9 Å². The molecule has 0 saturated carbocycles. The number of aliphatic carboxylic acids is 1. The summed E-state index contributed by atoms with van der Waals surface area (Å²) < 4.78 is 13.2. The van der Waals surface area contributed by atoms with E-state index < -0.39 is 14.3 Å². The van der Waals surface area contributed by atoms with E-state index in [1.165, 1.54) is 11.1 Å². The predicted molar refractivity (Wildman–Crippen MR) is 194 cm³/mol. The molecule has 0 saturated heterocycles. The minimum absolute atomic E-state index is 0.112. The molecule has 0 unspecified atom stereocenters. The number of ether oxygens (including phenoxy) is 1. The Labute approximate surface area is 283 Å². The van der Waals surface area contributed by atoms with Crippen molar-refractivity contribution in [2.45, 2.75) is 115 Å². The fraction of sp³-hybridized carbons (Fsp3) is 0.463. The van der Waals surface area contributed by atoms with Crippen LogP contribution in [0.25, 0.3) is 11.1 Å². The van der Waals surface area contributed by atoms with Crippen LogP contribution >= 0.6 is 0 Å². The number of carboxylic acids is 1. The molecular weight excluding hydrogens is 601 g/mol. The molecule has 252 valence electrons. The number of carbonyl (C=O) groups is 2. The maximum absolute atomic E-state index is 13.4. The van der Waals surface area contributed by atoms with Crippen LogP contribution in [0.3, 0.4) is 0 Å². The minimum Gasteiger partial charge on any atom is -0.481 e. The van der Waals surface area contributed by atoms with E-state index in [0.29, 0.717) is 12.0 Å². The predicted octanol–water partition coefficient (Wildman–Crippen LogP) is 10.7. The van der Waals surface area contributed by atoms with Gasteiger partial charge in [0.15, 0.2) is 8.32 Å². The molecule has 1 aliphatic rings. The average Bonchev–Trinajstić information content (AvgIpc) is 3.42. The SMILES string of the molecule is CC(C)(C)[Si](C)(C)O[C@@H](CCC1=CC[C@H](OC(=O)c2ccc(-c3ccccc3)cc2)[C@@H]1CCCCCCC(=O)O)Cc1ccccc1. The molecule has 1 aliphatic carbocycles. The lowest BCUT2D eigenvalue weighted by molar-refractivity contribution is -0.137. The fourth-order valence-electron chi connectivity index (χ4n) is 6.24. The number of hydrogen-bond donors (Lipinski definition) is 1. The van der Waals surface area contributed by atoms with Crippen molar-refractivity contribution in [3.05, 3.63) is 108 Å². The third-order valence-corrected chi connectivity index (χ3v) is 14.5. The van der Waals surface area contributed by atoms with Crippen LogP contribution in [0.4, 0.5) is 0 Å². The van der Waals surface area contributed by atoms with Gasteiger partial charge in [0.2, 0.25) is 0 Å². The normalized spacial score (nSPS) is 17.3. The second-order valence-corrected chi connectivity index (χ2v) is 19.3. The van der Waals surface area contributed by atoms with Gasteiger partial charge in [0.1, 0.15) is 6.10 Å². The average molecular weight is 655 g/mol. The smallest absolute Gasteiger partial charge is 0.338 e. The Balaban J connectivity index is 1.44. The van der Waals surface area contributed by atoms with Crippen LogP contribution in [0.2, 0.25) is 18.1 Å². The monoisotopic (exact) mass is 654 g/mol. The highest BCUT2D eigenvalue weighted by Crippen LogP contribution is 2.40. The van der Waals surface area contributed by atoms with E-state index >= 15 is 0 Å². The zero-order chi connectivity index (χ0) is 33.9. The van der Waals surface area contributed by atoms with Gasteiger partial charge in [0.25, 0.3) is 0 Å². The number of carbonyl (C=O) groups excluding carboxylic acids is 1. The molecular formula is C41H54O5Si. The van der Waals surface area contributed by atoms with Crippen molar-refractivity contribution in [1.82, 2.24) is 0 Å². The second kappa shape index (κ2) is 17.1. The van der Waals surface area contributed by atoms with Crippen molar-refractivity contribution in [1.29, 1.82) is 0 Å². The fourth-order valence-corrected chi connectivity index (χ4v) is 7.63. The third-order valence-electron chi connectivity index (χ3n) is 10.0. The highest BCUT2D eigenvalue weighted by Gasteiger charge is 2.39. The zero-order valence-electron chi connectivity index (χ0n) is 29.0. The number of esters is 1. The van der Waals surface area contributed by atoms with E-state index in [9.17, 15) is 9.59 Å². The topological polar surface area (TPSA) is 72.8 Å². The van der Waals surface area contributed by atoms with Gasteiger partial charge < -0.3 is 14.3 Å². The summed E-state index contributed by atoms with van der Waals surface area (Å²) in [6.07, 6.45) is 10.4. The van der Waals surface area contributed by atoms with Crippen LogP contribution in [0.1, 0.15) is 94.5 Å². The molecule has 5 nitrogen and oxygen atoms in total. The Bertz CT molecular complexity index is 1440. The Morgan fingerprint density at radius 3 is 2.11 bits per heavy atom. The first kappa shape index (κ1) is 36.4. The molecule has 6 heteroatoms. The molecule has 1 N–H and O–H groups in total. The van der Waals surface area contributed by atoms with Crippen LogP contribution in [0, 0.1) is 5.92 Å². The summed E-state index contributed by atoms with van der Waals surface area (Å²) in [6, 6.07) is 28.4. The number of hydrogen-bond acceptors (Lipinski definition) is 4. The van der Waals surface area contributed by atoms with Gasteiger partial charge >= 0.3 is 11.9 Å². The first-order chi connectivity index (χ1) is 22.4. The quantitative estimate of drug-likeness (QED) is 0.0679. The van der Waals surface area contributed by atoms with Crippen LogP contribution in [-0.4, -0.2) is 37.6 Å². The Morgan fingerprint density at radius 1 is 0.851 bits per heavy atom. The lowest BCUT2D eigenvalue weighted by Gasteiger charge is -2.39. The largest absolute Gasteiger partial charge is 0.481 e. The van der Waals surface area contributed by atoms with Crippen molar-refractivity contribution in [2.75, 3.05) is 0 Å². The van der Waals surface area contributed by atoms with Crippen molar-refractivity contribution in [3.8, 4) is 11.1 Å². The van der Waals surface area contributed by atoms with Gasteiger partial charge in [0, 0.05) is 24.9 Å². The Hall–Kier alpha value is -3.48. The molecule has 0 bridgehead atoms. The molecule has 3 aromatic rings. The maximum Gasteiger partial charge on any atom is 0.338 e. The molecule has 0 spiro atoms. The first-order valence-electron chi connectivity index (χ1n) is 17.4. The van der Waals surface area contributed by atoms with Crippen LogP contribution < -0.4 is 0 Å². The number of rotatable bonds is 17. The molecule has 47 heavy (non-hydrogen) atoms. The first-order valence-corrected chi connectivity index (χ1v) is 20.3. The summed E-state index contributed by atoms with van der Waals surface area (Å²) in [5, 5.41) is 9.13. The molecule has 0 amide bonds. The van der Waals surface area contributed by atoms with Gasteiger partial charge in [-0.15, -0.1) is 0 Å². The Morgan fingerprint density at radius 2 is 1.47 bits per heavy atom. The van der Waals surface area contributed by atoms with Gasteiger partial charge in [-0.25, -0.2) is 4.79 Å². The summed E-state index contributed by atoms with van der Waals surface area (Å²) in [6.45, 7) is 11.5. The lowest BCUT2D eigenvalue weighted by Crippen LogP contribution is -2.44.